The van der Waals surface area contributed by atoms with Crippen LogP contribution in [0.5, 0.6) is 0 Å². The molecule has 6 rings (SSSR count). The van der Waals surface area contributed by atoms with Gasteiger partial charge in [0, 0.05) is 45.6 Å². The first-order valence-electron chi connectivity index (χ1n) is 14.6. The van der Waals surface area contributed by atoms with E-state index in [4.69, 9.17) is 23.4 Å². The zero-order valence-corrected chi connectivity index (χ0v) is 24.9. The number of ketones is 1. The summed E-state index contributed by atoms with van der Waals surface area (Å²) < 4.78 is 29.4. The summed E-state index contributed by atoms with van der Waals surface area (Å²) in [4.78, 5) is 53.8. The summed E-state index contributed by atoms with van der Waals surface area (Å²) >= 11 is 0. The summed E-state index contributed by atoms with van der Waals surface area (Å²) in [5.41, 5.74) is -1.71. The van der Waals surface area contributed by atoms with Gasteiger partial charge < -0.3 is 23.4 Å². The van der Waals surface area contributed by atoms with Crippen LogP contribution in [0.15, 0.2) is 34.7 Å². The average Bonchev–Trinajstić information content (AvgIpc) is 3.39. The molecule has 5 fully saturated rings. The number of cyclic esters (lactones) is 1. The smallest absolute Gasteiger partial charge is 0.333 e. The van der Waals surface area contributed by atoms with Crippen molar-refractivity contribution >= 4 is 23.7 Å². The van der Waals surface area contributed by atoms with Crippen LogP contribution in [0.25, 0.3) is 0 Å². The standard InChI is InChI=1S/C32H40O9/c1-8-16(2)28(36)40-26-23-24(35)31(6,19(29(26,3)4)13-21(33)37-7)18-9-11-30(5)20(32(18)27(23)41-32)14-22(34)39-25(30)17-10-12-38-15-17/h8,10,12,15,18-20,23,25-27H,9,11,13-14H2,1-7H3/t18-,19+,20-,23-,25+,26-,27-,30-,31-,32-/m1/s1. The summed E-state index contributed by atoms with van der Waals surface area (Å²) in [6, 6.07) is 1.83. The number of allylic oxidation sites excluding steroid dienone is 1. The highest BCUT2D eigenvalue weighted by atomic mass is 16.6. The fourth-order valence-electron chi connectivity index (χ4n) is 9.63. The molecular weight excluding hydrogens is 528 g/mol. The molecular formula is C32H40O9. The number of furan rings is 1. The van der Waals surface area contributed by atoms with E-state index in [9.17, 15) is 19.2 Å². The number of Topliss-reactive ketones (excluding diaryl/α,β-unsaturated/α-hetero) is 1. The summed E-state index contributed by atoms with van der Waals surface area (Å²) in [7, 11) is 1.34. The number of rotatable bonds is 5. The minimum Gasteiger partial charge on any atom is -0.472 e. The van der Waals surface area contributed by atoms with Crippen molar-refractivity contribution in [3.05, 3.63) is 35.8 Å². The largest absolute Gasteiger partial charge is 0.472 e. The molecule has 9 heteroatoms. The van der Waals surface area contributed by atoms with E-state index in [1.54, 1.807) is 32.4 Å². The van der Waals surface area contributed by atoms with Gasteiger partial charge in [0.05, 0.1) is 32.0 Å². The highest BCUT2D eigenvalue weighted by Crippen LogP contribution is 2.77. The molecule has 2 bridgehead atoms. The van der Waals surface area contributed by atoms with Gasteiger partial charge in [-0.05, 0) is 38.7 Å². The van der Waals surface area contributed by atoms with E-state index in [1.807, 2.05) is 26.8 Å². The van der Waals surface area contributed by atoms with Gasteiger partial charge >= 0.3 is 17.9 Å². The normalized spacial score (nSPS) is 44.1. The molecule has 41 heavy (non-hydrogen) atoms. The third kappa shape index (κ3) is 3.56. The molecule has 1 spiro atoms. The monoisotopic (exact) mass is 568 g/mol. The van der Waals surface area contributed by atoms with Crippen LogP contribution in [0.4, 0.5) is 0 Å². The van der Waals surface area contributed by atoms with Crippen molar-refractivity contribution in [2.45, 2.75) is 91.1 Å². The summed E-state index contributed by atoms with van der Waals surface area (Å²) in [6.07, 6.45) is 4.59. The number of hydrogen-bond donors (Lipinski definition) is 0. The number of hydrogen-bond acceptors (Lipinski definition) is 9. The second kappa shape index (κ2) is 9.03. The SMILES string of the molecule is CC=C(C)C(=O)O[C@@H]1[C@H]2C(=O)[C@](C)([C@H]3CC[C@]4(C)[C@@H](CC(=O)O[C@H]4c4ccoc4)[C@]34O[C@H]24)[C@@H](CC(=O)OC)C1(C)C. The number of methoxy groups -OCH3 is 1. The maximum absolute atomic E-state index is 14.6. The number of epoxide rings is 1. The van der Waals surface area contributed by atoms with Crippen molar-refractivity contribution in [3.8, 4) is 0 Å². The Morgan fingerprint density at radius 2 is 1.88 bits per heavy atom. The quantitative estimate of drug-likeness (QED) is 0.215. The Balaban J connectivity index is 1.49. The number of carbonyl (C=O) groups is 4. The molecule has 0 radical (unpaired) electrons. The Morgan fingerprint density at radius 1 is 1.15 bits per heavy atom. The summed E-state index contributed by atoms with van der Waals surface area (Å²) in [5, 5.41) is 0. The Bertz CT molecular complexity index is 1330. The van der Waals surface area contributed by atoms with Crippen LogP contribution >= 0.6 is 0 Å². The zero-order valence-electron chi connectivity index (χ0n) is 24.9. The highest BCUT2D eigenvalue weighted by Gasteiger charge is 2.86. The van der Waals surface area contributed by atoms with Gasteiger partial charge in [0.1, 0.15) is 29.7 Å². The maximum Gasteiger partial charge on any atom is 0.333 e. The Kier molecular flexibility index (Phi) is 6.21. The van der Waals surface area contributed by atoms with Gasteiger partial charge in [-0.25, -0.2) is 4.79 Å². The van der Waals surface area contributed by atoms with Gasteiger partial charge in [0.25, 0.3) is 0 Å². The average molecular weight is 569 g/mol. The second-order valence-electron chi connectivity index (χ2n) is 13.8. The number of carbonyl (C=O) groups excluding carboxylic acids is 4. The molecule has 3 aliphatic carbocycles. The van der Waals surface area contributed by atoms with Crippen molar-refractivity contribution in [2.24, 2.45) is 39.9 Å². The van der Waals surface area contributed by atoms with Gasteiger partial charge in [-0.15, -0.1) is 0 Å². The molecule has 9 nitrogen and oxygen atoms in total. The van der Waals surface area contributed by atoms with Crippen LogP contribution in [-0.2, 0) is 38.1 Å². The lowest BCUT2D eigenvalue weighted by molar-refractivity contribution is -0.220. The van der Waals surface area contributed by atoms with Crippen LogP contribution in [-0.4, -0.2) is 48.6 Å². The minimum atomic E-state index is -0.957. The first-order chi connectivity index (χ1) is 19.3. The minimum absolute atomic E-state index is 0.00791. The topological polar surface area (TPSA) is 122 Å². The van der Waals surface area contributed by atoms with E-state index in [-0.39, 0.29) is 36.4 Å². The molecule has 0 N–H and O–H groups in total. The summed E-state index contributed by atoms with van der Waals surface area (Å²) in [6.45, 7) is 11.5. The van der Waals surface area contributed by atoms with Crippen molar-refractivity contribution < 1.29 is 42.5 Å². The van der Waals surface area contributed by atoms with Crippen LogP contribution in [0.1, 0.15) is 78.9 Å². The molecule has 1 aromatic heterocycles. The molecule has 0 unspecified atom stereocenters. The number of esters is 3. The predicted molar refractivity (Wildman–Crippen MR) is 144 cm³/mol. The molecule has 0 amide bonds. The molecule has 0 aromatic carbocycles. The fraction of sp³-hybridized carbons (Fsp3) is 0.688. The Morgan fingerprint density at radius 3 is 2.51 bits per heavy atom. The molecule has 10 atom stereocenters. The number of fused-ring (bicyclic) bond motifs is 5. The van der Waals surface area contributed by atoms with Gasteiger partial charge in [-0.2, -0.15) is 0 Å². The van der Waals surface area contributed by atoms with Gasteiger partial charge in [-0.1, -0.05) is 33.8 Å². The van der Waals surface area contributed by atoms with E-state index in [2.05, 4.69) is 6.92 Å². The summed E-state index contributed by atoms with van der Waals surface area (Å²) in [5.74, 6) is -2.91. The lowest BCUT2D eigenvalue weighted by Crippen LogP contribution is -2.72. The lowest BCUT2D eigenvalue weighted by atomic mass is 9.37. The van der Waals surface area contributed by atoms with E-state index in [0.29, 0.717) is 18.4 Å². The second-order valence-corrected chi connectivity index (χ2v) is 13.8. The molecule has 1 aromatic rings. The zero-order chi connectivity index (χ0) is 29.7. The third-order valence-electron chi connectivity index (χ3n) is 11.8. The fourth-order valence-corrected chi connectivity index (χ4v) is 9.63. The Hall–Kier alpha value is -2.94. The van der Waals surface area contributed by atoms with Gasteiger partial charge in [0.15, 0.2) is 0 Å². The van der Waals surface area contributed by atoms with Crippen molar-refractivity contribution in [3.63, 3.8) is 0 Å². The molecule has 222 valence electrons. The molecule has 5 aliphatic rings. The maximum atomic E-state index is 14.6. The van der Waals surface area contributed by atoms with E-state index in [0.717, 1.165) is 5.56 Å². The highest BCUT2D eigenvalue weighted by molar-refractivity contribution is 5.94. The van der Waals surface area contributed by atoms with Crippen molar-refractivity contribution in [1.82, 2.24) is 0 Å². The molecule has 2 aliphatic heterocycles. The predicted octanol–water partition coefficient (Wildman–Crippen LogP) is 4.74. The number of ether oxygens (including phenoxy) is 4. The Labute approximate surface area is 240 Å². The lowest BCUT2D eigenvalue weighted by Gasteiger charge is -2.65. The van der Waals surface area contributed by atoms with Crippen molar-refractivity contribution in [2.75, 3.05) is 7.11 Å². The van der Waals surface area contributed by atoms with Crippen molar-refractivity contribution in [1.29, 1.82) is 0 Å². The van der Waals surface area contributed by atoms with Crippen LogP contribution in [0.2, 0.25) is 0 Å². The molecule has 3 heterocycles. The third-order valence-corrected chi connectivity index (χ3v) is 11.8. The van der Waals surface area contributed by atoms with E-state index in [1.165, 1.54) is 7.11 Å². The van der Waals surface area contributed by atoms with Crippen LogP contribution in [0, 0.1) is 39.9 Å². The first kappa shape index (κ1) is 28.2. The molecule has 3 saturated carbocycles. The first-order valence-corrected chi connectivity index (χ1v) is 14.6. The molecule has 2 saturated heterocycles. The van der Waals surface area contributed by atoms with Crippen LogP contribution in [0.3, 0.4) is 0 Å². The van der Waals surface area contributed by atoms with E-state index < -0.39 is 63.9 Å². The van der Waals surface area contributed by atoms with Gasteiger partial charge in [0.2, 0.25) is 0 Å². The van der Waals surface area contributed by atoms with E-state index >= 15 is 0 Å². The van der Waals surface area contributed by atoms with Crippen LogP contribution < -0.4 is 0 Å². The van der Waals surface area contributed by atoms with Gasteiger partial charge in [-0.3, -0.25) is 14.4 Å².